The Morgan fingerprint density at radius 2 is 2.06 bits per heavy atom. The number of β-amino-alcohol motifs (C(OH)–C–C–N with tert-alkyl or cyclic N) is 1. The van der Waals surface area contributed by atoms with Crippen LogP contribution in [0.4, 0.5) is 0 Å². The molecule has 1 aliphatic heterocycles. The maximum Gasteiger partial charge on any atom is 0.0916 e. The van der Waals surface area contributed by atoms with Gasteiger partial charge in [-0.1, -0.05) is 36.8 Å². The fourth-order valence-electron chi connectivity index (χ4n) is 2.33. The lowest BCUT2D eigenvalue weighted by Crippen LogP contribution is -2.26. The molecule has 0 saturated carbocycles. The quantitative estimate of drug-likeness (QED) is 0.843. The molecule has 0 aromatic heterocycles. The summed E-state index contributed by atoms with van der Waals surface area (Å²) in [5, 5.41) is 10.1. The third-order valence-electron chi connectivity index (χ3n) is 3.40. The van der Waals surface area contributed by atoms with Gasteiger partial charge >= 0.3 is 0 Å². The number of aliphatic hydroxyl groups excluding tert-OH is 1. The molecule has 2 rings (SSSR count). The highest BCUT2D eigenvalue weighted by Gasteiger charge is 2.21. The van der Waals surface area contributed by atoms with Crippen molar-refractivity contribution in [2.75, 3.05) is 19.6 Å². The molecule has 1 fully saturated rings. The molecule has 1 aromatic rings. The zero-order valence-corrected chi connectivity index (χ0v) is 10.2. The molecule has 1 aromatic carbocycles. The third kappa shape index (κ3) is 2.83. The molecule has 88 valence electrons. The summed E-state index contributed by atoms with van der Waals surface area (Å²) in [4.78, 5) is 2.36. The zero-order valence-electron chi connectivity index (χ0n) is 10.2. The van der Waals surface area contributed by atoms with Gasteiger partial charge in [0.2, 0.25) is 0 Å². The van der Waals surface area contributed by atoms with Crippen LogP contribution in [0.5, 0.6) is 0 Å². The third-order valence-corrected chi connectivity index (χ3v) is 3.40. The maximum absolute atomic E-state index is 10.1. The van der Waals surface area contributed by atoms with E-state index in [0.717, 1.165) is 31.1 Å². The number of rotatable bonds is 3. The van der Waals surface area contributed by atoms with Gasteiger partial charge in [-0.25, -0.2) is 0 Å². The first-order valence-corrected chi connectivity index (χ1v) is 6.12. The Kier molecular flexibility index (Phi) is 3.62. The van der Waals surface area contributed by atoms with Crippen molar-refractivity contribution in [2.45, 2.75) is 26.4 Å². The fourth-order valence-corrected chi connectivity index (χ4v) is 2.33. The molecule has 2 heteroatoms. The summed E-state index contributed by atoms with van der Waals surface area (Å²) in [6.45, 7) is 7.37. The second-order valence-electron chi connectivity index (χ2n) is 5.08. The molecule has 16 heavy (non-hydrogen) atoms. The molecule has 1 aliphatic rings. The molecule has 2 nitrogen and oxygen atoms in total. The van der Waals surface area contributed by atoms with Crippen LogP contribution in [0, 0.1) is 12.8 Å². The highest BCUT2D eigenvalue weighted by atomic mass is 16.3. The highest BCUT2D eigenvalue weighted by molar-refractivity contribution is 5.23. The van der Waals surface area contributed by atoms with Crippen molar-refractivity contribution < 1.29 is 5.11 Å². The molecule has 0 amide bonds. The second kappa shape index (κ2) is 4.98. The van der Waals surface area contributed by atoms with Gasteiger partial charge in [0.05, 0.1) is 6.10 Å². The van der Waals surface area contributed by atoms with Crippen LogP contribution in [-0.2, 0) is 0 Å². The Bertz CT molecular complexity index is 333. The SMILES string of the molecule is Cc1ccc(C(O)CN2CCC(C)C2)cc1. The molecule has 1 heterocycles. The Hall–Kier alpha value is -0.860. The van der Waals surface area contributed by atoms with Crippen molar-refractivity contribution in [2.24, 2.45) is 5.92 Å². The average molecular weight is 219 g/mol. The molecule has 0 spiro atoms. The molecule has 2 atom stereocenters. The monoisotopic (exact) mass is 219 g/mol. The summed E-state index contributed by atoms with van der Waals surface area (Å²) in [5.74, 6) is 0.783. The van der Waals surface area contributed by atoms with E-state index in [9.17, 15) is 5.11 Å². The highest BCUT2D eigenvalue weighted by Crippen LogP contribution is 2.20. The normalized spacial score (nSPS) is 23.6. The van der Waals surface area contributed by atoms with E-state index in [1.807, 2.05) is 12.1 Å². The number of likely N-dealkylation sites (tertiary alicyclic amines) is 1. The first-order valence-electron chi connectivity index (χ1n) is 6.12. The molecule has 1 saturated heterocycles. The van der Waals surface area contributed by atoms with Crippen LogP contribution < -0.4 is 0 Å². The van der Waals surface area contributed by atoms with Gasteiger partial charge in [-0.2, -0.15) is 0 Å². The summed E-state index contributed by atoms with van der Waals surface area (Å²) < 4.78 is 0. The Labute approximate surface area is 97.9 Å². The summed E-state index contributed by atoms with van der Waals surface area (Å²) in [7, 11) is 0. The average Bonchev–Trinajstić information content (AvgIpc) is 2.65. The minimum absolute atomic E-state index is 0.342. The summed E-state index contributed by atoms with van der Waals surface area (Å²) in [6, 6.07) is 8.18. The summed E-state index contributed by atoms with van der Waals surface area (Å²) >= 11 is 0. The van der Waals surface area contributed by atoms with E-state index in [2.05, 4.69) is 30.9 Å². The molecular formula is C14H21NO. The molecule has 2 unspecified atom stereocenters. The van der Waals surface area contributed by atoms with Crippen molar-refractivity contribution in [1.29, 1.82) is 0 Å². The molecule has 0 bridgehead atoms. The molecular weight excluding hydrogens is 198 g/mol. The van der Waals surface area contributed by atoms with E-state index >= 15 is 0 Å². The van der Waals surface area contributed by atoms with Crippen molar-refractivity contribution in [3.05, 3.63) is 35.4 Å². The lowest BCUT2D eigenvalue weighted by atomic mass is 10.1. The van der Waals surface area contributed by atoms with Gasteiger partial charge in [-0.3, -0.25) is 0 Å². The first kappa shape index (κ1) is 11.6. The van der Waals surface area contributed by atoms with E-state index < -0.39 is 0 Å². The minimum atomic E-state index is -0.342. The van der Waals surface area contributed by atoms with Crippen LogP contribution in [0.2, 0.25) is 0 Å². The molecule has 0 radical (unpaired) electrons. The zero-order chi connectivity index (χ0) is 11.5. The number of hydrogen-bond acceptors (Lipinski definition) is 2. The van der Waals surface area contributed by atoms with Crippen LogP contribution in [0.1, 0.15) is 30.6 Å². The van der Waals surface area contributed by atoms with Gasteiger partial charge in [0, 0.05) is 13.1 Å². The Morgan fingerprint density at radius 1 is 1.38 bits per heavy atom. The van der Waals surface area contributed by atoms with Gasteiger partial charge < -0.3 is 10.0 Å². The number of aryl methyl sites for hydroxylation is 1. The van der Waals surface area contributed by atoms with Crippen molar-refractivity contribution >= 4 is 0 Å². The van der Waals surface area contributed by atoms with Crippen LogP contribution in [-0.4, -0.2) is 29.6 Å². The Morgan fingerprint density at radius 3 is 2.62 bits per heavy atom. The topological polar surface area (TPSA) is 23.5 Å². The number of hydrogen-bond donors (Lipinski definition) is 1. The standard InChI is InChI=1S/C14H21NO/c1-11-3-5-13(6-4-11)14(16)10-15-8-7-12(2)9-15/h3-6,12,14,16H,7-10H2,1-2H3. The van der Waals surface area contributed by atoms with Crippen LogP contribution in [0.15, 0.2) is 24.3 Å². The lowest BCUT2D eigenvalue weighted by Gasteiger charge is -2.20. The number of benzene rings is 1. The summed E-state index contributed by atoms with van der Waals surface area (Å²) in [6.07, 6.45) is 0.923. The largest absolute Gasteiger partial charge is 0.387 e. The molecule has 1 N–H and O–H groups in total. The van der Waals surface area contributed by atoms with Crippen LogP contribution in [0.3, 0.4) is 0 Å². The fraction of sp³-hybridized carbons (Fsp3) is 0.571. The van der Waals surface area contributed by atoms with E-state index in [4.69, 9.17) is 0 Å². The number of aliphatic hydroxyl groups is 1. The smallest absolute Gasteiger partial charge is 0.0916 e. The van der Waals surface area contributed by atoms with E-state index in [0.29, 0.717) is 0 Å². The van der Waals surface area contributed by atoms with Gasteiger partial charge in [-0.05, 0) is 31.4 Å². The van der Waals surface area contributed by atoms with Gasteiger partial charge in [0.1, 0.15) is 0 Å². The van der Waals surface area contributed by atoms with Crippen LogP contribution in [0.25, 0.3) is 0 Å². The van der Waals surface area contributed by atoms with Gasteiger partial charge in [0.25, 0.3) is 0 Å². The predicted molar refractivity (Wildman–Crippen MR) is 66.4 cm³/mol. The van der Waals surface area contributed by atoms with Crippen LogP contribution >= 0.6 is 0 Å². The summed E-state index contributed by atoms with van der Waals surface area (Å²) in [5.41, 5.74) is 2.27. The van der Waals surface area contributed by atoms with Crippen molar-refractivity contribution in [3.63, 3.8) is 0 Å². The predicted octanol–water partition coefficient (Wildman–Crippen LogP) is 2.37. The van der Waals surface area contributed by atoms with E-state index in [1.54, 1.807) is 0 Å². The van der Waals surface area contributed by atoms with E-state index in [1.165, 1.54) is 12.0 Å². The van der Waals surface area contributed by atoms with Gasteiger partial charge in [0.15, 0.2) is 0 Å². The molecule has 0 aliphatic carbocycles. The Balaban J connectivity index is 1.92. The maximum atomic E-state index is 10.1. The minimum Gasteiger partial charge on any atom is -0.387 e. The lowest BCUT2D eigenvalue weighted by molar-refractivity contribution is 0.124. The van der Waals surface area contributed by atoms with Crippen molar-refractivity contribution in [3.8, 4) is 0 Å². The second-order valence-corrected chi connectivity index (χ2v) is 5.08. The van der Waals surface area contributed by atoms with Gasteiger partial charge in [-0.15, -0.1) is 0 Å². The first-order chi connectivity index (χ1) is 7.65. The number of nitrogens with zero attached hydrogens (tertiary/aromatic N) is 1. The van der Waals surface area contributed by atoms with Crippen molar-refractivity contribution in [1.82, 2.24) is 4.90 Å². The van der Waals surface area contributed by atoms with E-state index in [-0.39, 0.29) is 6.10 Å².